The summed E-state index contributed by atoms with van der Waals surface area (Å²) in [6.45, 7) is 7.32. The molecule has 18 heteroatoms. The second-order valence-electron chi connectivity index (χ2n) is 16.7. The highest BCUT2D eigenvalue weighted by molar-refractivity contribution is 7.99. The minimum Gasteiger partial charge on any atom is -0.497 e. The van der Waals surface area contributed by atoms with Gasteiger partial charge in [0.25, 0.3) is 0 Å². The van der Waals surface area contributed by atoms with Gasteiger partial charge in [-0.15, -0.1) is 32.2 Å². The third-order valence-electron chi connectivity index (χ3n) is 12.0. The van der Waals surface area contributed by atoms with Gasteiger partial charge in [0.05, 0.1) is 49.9 Å². The zero-order valence-electron chi connectivity index (χ0n) is 39.4. The van der Waals surface area contributed by atoms with Crippen molar-refractivity contribution in [1.82, 2.24) is 45.5 Å². The molecule has 16 nitrogen and oxygen atoms in total. The second kappa shape index (κ2) is 22.5. The van der Waals surface area contributed by atoms with Gasteiger partial charge in [-0.1, -0.05) is 48.7 Å². The predicted octanol–water partition coefficient (Wildman–Crippen LogP) is 7.81. The Kier molecular flexibility index (Phi) is 15.9. The van der Waals surface area contributed by atoms with E-state index < -0.39 is 12.1 Å². The van der Waals surface area contributed by atoms with Crippen LogP contribution >= 0.6 is 23.4 Å². The molecule has 4 heterocycles. The molecule has 0 fully saturated rings. The molecule has 2 atom stereocenters. The fourth-order valence-electron chi connectivity index (χ4n) is 8.56. The Morgan fingerprint density at radius 1 is 0.623 bits per heavy atom. The Balaban J connectivity index is 0.783. The average molecular weight is 971 g/mol. The highest BCUT2D eigenvalue weighted by Gasteiger charge is 2.32. The smallest absolute Gasteiger partial charge is 0.222 e. The van der Waals surface area contributed by atoms with Gasteiger partial charge >= 0.3 is 0 Å². The number of hydrogen-bond acceptors (Lipinski definition) is 12. The van der Waals surface area contributed by atoms with Crippen molar-refractivity contribution >= 4 is 52.5 Å². The van der Waals surface area contributed by atoms with E-state index in [2.05, 4.69) is 36.3 Å². The van der Waals surface area contributed by atoms with Gasteiger partial charge in [-0.3, -0.25) is 33.5 Å². The lowest BCUT2D eigenvalue weighted by Crippen LogP contribution is -2.26. The molecule has 3 amide bonds. The Labute approximate surface area is 410 Å². The van der Waals surface area contributed by atoms with Crippen molar-refractivity contribution in [3.63, 3.8) is 0 Å². The number of fused-ring (bicyclic) bond motifs is 6. The minimum atomic E-state index is -0.578. The van der Waals surface area contributed by atoms with Crippen LogP contribution in [-0.2, 0) is 14.4 Å². The first-order chi connectivity index (χ1) is 33.5. The molecule has 2 aromatic heterocycles. The second-order valence-corrected chi connectivity index (χ2v) is 18.3. The Hall–Kier alpha value is -6.85. The predicted molar refractivity (Wildman–Crippen MR) is 268 cm³/mol. The van der Waals surface area contributed by atoms with Crippen molar-refractivity contribution < 1.29 is 23.9 Å². The number of hydrogen-bond donors (Lipinski definition) is 3. The minimum absolute atomic E-state index is 0.0128. The number of rotatable bonds is 20. The van der Waals surface area contributed by atoms with Gasteiger partial charge < -0.3 is 25.4 Å². The van der Waals surface area contributed by atoms with E-state index in [4.69, 9.17) is 31.1 Å². The number of amides is 3. The molecule has 0 radical (unpaired) electrons. The van der Waals surface area contributed by atoms with Crippen LogP contribution in [0, 0.1) is 13.8 Å². The third kappa shape index (κ3) is 11.4. The van der Waals surface area contributed by atoms with Crippen molar-refractivity contribution in [2.75, 3.05) is 39.6 Å². The van der Waals surface area contributed by atoms with Gasteiger partial charge in [0.15, 0.2) is 11.6 Å². The molecule has 358 valence electrons. The summed E-state index contributed by atoms with van der Waals surface area (Å²) in [4.78, 5) is 50.3. The zero-order chi connectivity index (χ0) is 48.4. The van der Waals surface area contributed by atoms with Gasteiger partial charge in [0.1, 0.15) is 35.2 Å². The molecular weight excluding hydrogens is 914 g/mol. The molecule has 0 spiro atoms. The number of methoxy groups -OCH3 is 2. The van der Waals surface area contributed by atoms with Crippen LogP contribution in [0.25, 0.3) is 11.4 Å². The van der Waals surface area contributed by atoms with Crippen molar-refractivity contribution in [2.24, 2.45) is 9.98 Å². The molecule has 6 aromatic rings. The molecule has 2 aliphatic heterocycles. The van der Waals surface area contributed by atoms with Crippen LogP contribution in [0.1, 0.15) is 110 Å². The maximum Gasteiger partial charge on any atom is 0.222 e. The highest BCUT2D eigenvalue weighted by atomic mass is 35.5. The molecule has 3 N–H and O–H groups in total. The molecule has 0 aliphatic carbocycles. The number of aryl methyl sites for hydroxylation is 2. The molecule has 0 saturated carbocycles. The Morgan fingerprint density at radius 2 is 1.10 bits per heavy atom. The molecular formula is C51H56ClN11O5S. The van der Waals surface area contributed by atoms with Crippen LogP contribution in [0.2, 0.25) is 5.02 Å². The van der Waals surface area contributed by atoms with E-state index >= 15 is 0 Å². The molecule has 0 saturated heterocycles. The summed E-state index contributed by atoms with van der Waals surface area (Å²) in [6, 6.07) is 26.1. The van der Waals surface area contributed by atoms with Crippen LogP contribution in [0.5, 0.6) is 11.5 Å². The number of thioether (sulfide) groups is 1. The van der Waals surface area contributed by atoms with Gasteiger partial charge in [0, 0.05) is 64.0 Å². The zero-order valence-corrected chi connectivity index (χ0v) is 41.0. The lowest BCUT2D eigenvalue weighted by Gasteiger charge is -2.14. The fourth-order valence-corrected chi connectivity index (χ4v) is 9.53. The Morgan fingerprint density at radius 3 is 1.59 bits per heavy atom. The van der Waals surface area contributed by atoms with Gasteiger partial charge in [0.2, 0.25) is 17.7 Å². The van der Waals surface area contributed by atoms with Crippen molar-refractivity contribution in [3.05, 3.63) is 136 Å². The maximum absolute atomic E-state index is 13.4. The van der Waals surface area contributed by atoms with E-state index in [1.165, 1.54) is 0 Å². The van der Waals surface area contributed by atoms with E-state index in [1.54, 1.807) is 26.0 Å². The number of carbonyl (C=O) groups is 3. The van der Waals surface area contributed by atoms with Crippen LogP contribution < -0.4 is 25.4 Å². The van der Waals surface area contributed by atoms with E-state index in [1.807, 2.05) is 115 Å². The first-order valence-electron chi connectivity index (χ1n) is 23.2. The third-order valence-corrected chi connectivity index (χ3v) is 13.3. The normalized spacial score (nSPS) is 14.7. The van der Waals surface area contributed by atoms with E-state index in [0.29, 0.717) is 77.3 Å². The topological polar surface area (TPSA) is 192 Å². The molecule has 69 heavy (non-hydrogen) atoms. The lowest BCUT2D eigenvalue weighted by atomic mass is 10.00. The van der Waals surface area contributed by atoms with Gasteiger partial charge in [-0.05, 0) is 94.3 Å². The molecule has 8 rings (SSSR count). The number of carbonyl (C=O) groups excluding carboxylic acids is 3. The number of halogens is 1. The summed E-state index contributed by atoms with van der Waals surface area (Å²) >= 11 is 7.86. The largest absolute Gasteiger partial charge is 0.497 e. The Bertz CT molecular complexity index is 2880. The standard InChI is InChI=1S/C51H56ClN11O5S/c1-6-53-46(65)29-41-50-60-58-31(2)62(50)44-22-18-37(68-5)28-40(44)49(56-41)34-13-19-38(20-14-34)69-26-23-45(64)54-24-9-7-8-10-25-55-47(66)30-42-51-61-59-32(3)63(51)43-21-17-36(67-4)27-39(43)48(57-42)33-11-15-35(52)16-12-33/h11-22,27-28,41-42H,6-10,23-26,29-30H2,1-5H3,(H,53,65)(H,54,64)(H,55,66)/t41-,42-/m0/s1. The number of aromatic nitrogens is 6. The summed E-state index contributed by atoms with van der Waals surface area (Å²) in [6.07, 6.45) is 4.12. The summed E-state index contributed by atoms with van der Waals surface area (Å²) < 4.78 is 15.1. The summed E-state index contributed by atoms with van der Waals surface area (Å²) in [5.74, 6) is 4.36. The van der Waals surface area contributed by atoms with Crippen molar-refractivity contribution in [1.29, 1.82) is 0 Å². The molecule has 0 bridgehead atoms. The molecule has 2 aliphatic rings. The number of unbranched alkanes of at least 4 members (excludes halogenated alkanes) is 3. The first kappa shape index (κ1) is 48.6. The quantitative estimate of drug-likeness (QED) is 0.0502. The van der Waals surface area contributed by atoms with Gasteiger partial charge in [-0.25, -0.2) is 0 Å². The van der Waals surface area contributed by atoms with Crippen molar-refractivity contribution in [2.45, 2.75) is 82.7 Å². The summed E-state index contributed by atoms with van der Waals surface area (Å²) in [5, 5.41) is 27.3. The molecule has 4 aromatic carbocycles. The monoisotopic (exact) mass is 969 g/mol. The number of aliphatic imine (C=N–C) groups is 2. The van der Waals surface area contributed by atoms with Crippen LogP contribution in [0.15, 0.2) is 99.8 Å². The first-order valence-corrected chi connectivity index (χ1v) is 24.6. The number of nitrogens with zero attached hydrogens (tertiary/aromatic N) is 8. The van der Waals surface area contributed by atoms with E-state index in [9.17, 15) is 14.4 Å². The summed E-state index contributed by atoms with van der Waals surface area (Å²) in [5.41, 5.74) is 6.58. The summed E-state index contributed by atoms with van der Waals surface area (Å²) in [7, 11) is 3.26. The van der Waals surface area contributed by atoms with E-state index in [-0.39, 0.29) is 30.6 Å². The number of nitrogens with one attached hydrogen (secondary N) is 3. The number of benzene rings is 4. The van der Waals surface area contributed by atoms with Crippen LogP contribution in [-0.4, -0.2) is 98.3 Å². The van der Waals surface area contributed by atoms with Gasteiger partial charge in [-0.2, -0.15) is 0 Å². The lowest BCUT2D eigenvalue weighted by molar-refractivity contribution is -0.122. The highest BCUT2D eigenvalue weighted by Crippen LogP contribution is 2.36. The van der Waals surface area contributed by atoms with Crippen LogP contribution in [0.4, 0.5) is 0 Å². The number of ether oxygens (including phenoxy) is 2. The fraction of sp³-hybridized carbons (Fsp3) is 0.353. The average Bonchev–Trinajstić information content (AvgIpc) is 3.86. The van der Waals surface area contributed by atoms with E-state index in [0.717, 1.165) is 69.9 Å². The SMILES string of the molecule is CCNC(=O)C[C@@H]1N=C(c2ccc(SCCC(=O)NCCCCCCNC(=O)C[C@@H]3N=C(c4ccc(Cl)cc4)c4cc(OC)ccc4-n4c(C)nnc43)cc2)c2cc(OC)ccc2-n2c(C)nnc21. The van der Waals surface area contributed by atoms with Crippen LogP contribution in [0.3, 0.4) is 0 Å². The molecule has 0 unspecified atom stereocenters. The van der Waals surface area contributed by atoms with Crippen molar-refractivity contribution in [3.8, 4) is 22.9 Å². The maximum atomic E-state index is 13.4.